The largest absolute Gasteiger partial charge is 0.399 e. The van der Waals surface area contributed by atoms with E-state index in [0.717, 1.165) is 31.6 Å². The summed E-state index contributed by atoms with van der Waals surface area (Å²) in [6, 6.07) is 10.5. The van der Waals surface area contributed by atoms with Crippen LogP contribution in [0, 0.1) is 22.7 Å². The minimum atomic E-state index is -0.201. The van der Waals surface area contributed by atoms with Gasteiger partial charge in [-0.25, -0.2) is 0 Å². The molecule has 0 amide bonds. The number of nitrogen functional groups attached to an aromatic ring is 1. The number of benzene rings is 1. The monoisotopic (exact) mass is 243 g/mol. The third-order valence-corrected chi connectivity index (χ3v) is 4.06. The summed E-state index contributed by atoms with van der Waals surface area (Å²) in [6.07, 6.45) is 2.18. The van der Waals surface area contributed by atoms with Crippen LogP contribution in [0.3, 0.4) is 0 Å². The maximum absolute atomic E-state index is 9.18. The van der Waals surface area contributed by atoms with E-state index in [9.17, 15) is 5.26 Å². The van der Waals surface area contributed by atoms with Crippen molar-refractivity contribution in [3.8, 4) is 6.07 Å². The molecule has 0 aliphatic carbocycles. The minimum Gasteiger partial charge on any atom is -0.399 e. The summed E-state index contributed by atoms with van der Waals surface area (Å²) in [7, 11) is 0. The standard InChI is InChI=1S/C15H21N3/c1-15(2,11-16)12-7-9-18(10-8-12)14-5-3-13(17)4-6-14/h3-6,12H,7-10,17H2,1-2H3. The molecule has 0 radical (unpaired) electrons. The van der Waals surface area contributed by atoms with Gasteiger partial charge in [0.1, 0.15) is 0 Å². The molecule has 0 bridgehead atoms. The summed E-state index contributed by atoms with van der Waals surface area (Å²) in [4.78, 5) is 2.38. The molecule has 1 aliphatic rings. The van der Waals surface area contributed by atoms with Gasteiger partial charge in [0.2, 0.25) is 0 Å². The van der Waals surface area contributed by atoms with Crippen molar-refractivity contribution < 1.29 is 0 Å². The average Bonchev–Trinajstić information content (AvgIpc) is 2.40. The van der Waals surface area contributed by atoms with E-state index in [1.165, 1.54) is 5.69 Å². The number of rotatable bonds is 2. The van der Waals surface area contributed by atoms with Gasteiger partial charge >= 0.3 is 0 Å². The lowest BCUT2D eigenvalue weighted by Crippen LogP contribution is -2.38. The van der Waals surface area contributed by atoms with Gasteiger partial charge in [0, 0.05) is 24.5 Å². The molecule has 2 N–H and O–H groups in total. The van der Waals surface area contributed by atoms with Crippen molar-refractivity contribution in [3.63, 3.8) is 0 Å². The first kappa shape index (κ1) is 12.8. The number of nitrogens with zero attached hydrogens (tertiary/aromatic N) is 2. The number of hydrogen-bond donors (Lipinski definition) is 1. The molecule has 1 saturated heterocycles. The molecule has 0 unspecified atom stereocenters. The van der Waals surface area contributed by atoms with Crippen molar-refractivity contribution in [2.45, 2.75) is 26.7 Å². The van der Waals surface area contributed by atoms with E-state index in [0.29, 0.717) is 5.92 Å². The zero-order valence-corrected chi connectivity index (χ0v) is 11.2. The van der Waals surface area contributed by atoms with E-state index in [4.69, 9.17) is 5.73 Å². The van der Waals surface area contributed by atoms with Gasteiger partial charge in [0.15, 0.2) is 0 Å². The van der Waals surface area contributed by atoms with Crippen molar-refractivity contribution in [2.75, 3.05) is 23.7 Å². The zero-order valence-electron chi connectivity index (χ0n) is 11.2. The summed E-state index contributed by atoms with van der Waals surface area (Å²) in [6.45, 7) is 6.16. The van der Waals surface area contributed by atoms with Gasteiger partial charge in [0.05, 0.1) is 11.5 Å². The van der Waals surface area contributed by atoms with E-state index in [1.54, 1.807) is 0 Å². The van der Waals surface area contributed by atoms with E-state index in [1.807, 2.05) is 12.1 Å². The van der Waals surface area contributed by atoms with Crippen molar-refractivity contribution in [1.29, 1.82) is 5.26 Å². The highest BCUT2D eigenvalue weighted by molar-refractivity contribution is 5.53. The van der Waals surface area contributed by atoms with Crippen LogP contribution in [-0.4, -0.2) is 13.1 Å². The minimum absolute atomic E-state index is 0.201. The molecule has 1 fully saturated rings. The fourth-order valence-corrected chi connectivity index (χ4v) is 2.64. The van der Waals surface area contributed by atoms with Crippen molar-refractivity contribution in [1.82, 2.24) is 0 Å². The van der Waals surface area contributed by atoms with Crippen molar-refractivity contribution in [2.24, 2.45) is 11.3 Å². The number of nitriles is 1. The third-order valence-electron chi connectivity index (χ3n) is 4.06. The lowest BCUT2D eigenvalue weighted by molar-refractivity contribution is 0.241. The van der Waals surface area contributed by atoms with Gasteiger partial charge in [0.25, 0.3) is 0 Å². The maximum Gasteiger partial charge on any atom is 0.0686 e. The lowest BCUT2D eigenvalue weighted by atomic mass is 9.75. The Bertz CT molecular complexity index is 434. The molecule has 18 heavy (non-hydrogen) atoms. The van der Waals surface area contributed by atoms with Gasteiger partial charge in [-0.15, -0.1) is 0 Å². The highest BCUT2D eigenvalue weighted by atomic mass is 15.1. The Kier molecular flexibility index (Phi) is 3.47. The summed E-state index contributed by atoms with van der Waals surface area (Å²) < 4.78 is 0. The molecule has 0 aromatic heterocycles. The van der Waals surface area contributed by atoms with Crippen LogP contribution in [0.25, 0.3) is 0 Å². The van der Waals surface area contributed by atoms with Gasteiger partial charge in [-0.3, -0.25) is 0 Å². The molecule has 0 atom stereocenters. The molecule has 0 saturated carbocycles. The quantitative estimate of drug-likeness (QED) is 0.812. The van der Waals surface area contributed by atoms with Crippen LogP contribution in [-0.2, 0) is 0 Å². The van der Waals surface area contributed by atoms with Gasteiger partial charge in [-0.2, -0.15) is 5.26 Å². The average molecular weight is 243 g/mol. The maximum atomic E-state index is 9.18. The summed E-state index contributed by atoms with van der Waals surface area (Å²) >= 11 is 0. The fraction of sp³-hybridized carbons (Fsp3) is 0.533. The molecule has 3 nitrogen and oxygen atoms in total. The van der Waals surface area contributed by atoms with Crippen LogP contribution >= 0.6 is 0 Å². The molecule has 2 rings (SSSR count). The first-order chi connectivity index (χ1) is 8.53. The van der Waals surface area contributed by atoms with Crippen LogP contribution in [0.15, 0.2) is 24.3 Å². The first-order valence-corrected chi connectivity index (χ1v) is 6.54. The normalized spacial score (nSPS) is 17.5. The first-order valence-electron chi connectivity index (χ1n) is 6.54. The van der Waals surface area contributed by atoms with Gasteiger partial charge < -0.3 is 10.6 Å². The summed E-state index contributed by atoms with van der Waals surface area (Å²) in [5.41, 5.74) is 7.54. The molecular weight excluding hydrogens is 222 g/mol. The zero-order chi connectivity index (χ0) is 13.2. The highest BCUT2D eigenvalue weighted by Crippen LogP contribution is 2.35. The van der Waals surface area contributed by atoms with Crippen LogP contribution in [0.4, 0.5) is 11.4 Å². The molecule has 1 heterocycles. The Morgan fingerprint density at radius 2 is 1.78 bits per heavy atom. The Balaban J connectivity index is 1.99. The molecule has 96 valence electrons. The number of hydrogen-bond acceptors (Lipinski definition) is 3. The predicted molar refractivity (Wildman–Crippen MR) is 75.2 cm³/mol. The number of nitrogens with two attached hydrogens (primary N) is 1. The smallest absolute Gasteiger partial charge is 0.0686 e. The van der Waals surface area contributed by atoms with Crippen LogP contribution in [0.2, 0.25) is 0 Å². The molecule has 1 aliphatic heterocycles. The van der Waals surface area contributed by atoms with Crippen LogP contribution in [0.1, 0.15) is 26.7 Å². The van der Waals surface area contributed by atoms with Gasteiger partial charge in [-0.1, -0.05) is 0 Å². The Labute approximate surface area is 109 Å². The SMILES string of the molecule is CC(C)(C#N)C1CCN(c2ccc(N)cc2)CC1. The third kappa shape index (κ3) is 2.59. The molecular formula is C15H21N3. The Morgan fingerprint density at radius 3 is 2.28 bits per heavy atom. The number of anilines is 2. The Hall–Kier alpha value is -1.69. The molecule has 1 aromatic rings. The lowest BCUT2D eigenvalue weighted by Gasteiger charge is -2.38. The van der Waals surface area contributed by atoms with Crippen molar-refractivity contribution in [3.05, 3.63) is 24.3 Å². The van der Waals surface area contributed by atoms with Crippen molar-refractivity contribution >= 4 is 11.4 Å². The molecule has 3 heteroatoms. The van der Waals surface area contributed by atoms with E-state index < -0.39 is 0 Å². The van der Waals surface area contributed by atoms with Crippen LogP contribution in [0.5, 0.6) is 0 Å². The van der Waals surface area contributed by atoms with E-state index >= 15 is 0 Å². The highest BCUT2D eigenvalue weighted by Gasteiger charge is 2.32. The topological polar surface area (TPSA) is 53.0 Å². The second-order valence-corrected chi connectivity index (χ2v) is 5.69. The Morgan fingerprint density at radius 1 is 1.22 bits per heavy atom. The summed E-state index contributed by atoms with van der Waals surface area (Å²) in [5.74, 6) is 0.507. The second kappa shape index (κ2) is 4.89. The van der Waals surface area contributed by atoms with E-state index in [2.05, 4.69) is 36.9 Å². The summed E-state index contributed by atoms with van der Waals surface area (Å²) in [5, 5.41) is 9.18. The second-order valence-electron chi connectivity index (χ2n) is 5.69. The predicted octanol–water partition coefficient (Wildman–Crippen LogP) is 3.03. The van der Waals surface area contributed by atoms with Crippen LogP contribution < -0.4 is 10.6 Å². The fourth-order valence-electron chi connectivity index (χ4n) is 2.64. The van der Waals surface area contributed by atoms with Gasteiger partial charge in [-0.05, 0) is 56.9 Å². The number of piperidine rings is 1. The molecule has 1 aromatic carbocycles. The molecule has 0 spiro atoms. The van der Waals surface area contributed by atoms with E-state index in [-0.39, 0.29) is 5.41 Å².